The van der Waals surface area contributed by atoms with Gasteiger partial charge in [0.1, 0.15) is 6.04 Å². The number of fused-ring (bicyclic) bond motifs is 1. The number of rotatable bonds is 1. The molecule has 118 valence electrons. The van der Waals surface area contributed by atoms with E-state index in [1.807, 2.05) is 44.2 Å². The van der Waals surface area contributed by atoms with E-state index in [0.717, 1.165) is 5.56 Å². The lowest BCUT2D eigenvalue weighted by molar-refractivity contribution is 0.0319. The van der Waals surface area contributed by atoms with Crippen LogP contribution in [-0.4, -0.2) is 33.4 Å². The molecule has 2 amide bonds. The highest BCUT2D eigenvalue weighted by molar-refractivity contribution is 6.21. The second-order valence-corrected chi connectivity index (χ2v) is 6.50. The van der Waals surface area contributed by atoms with E-state index in [1.54, 1.807) is 29.3 Å². The van der Waals surface area contributed by atoms with Crippen molar-refractivity contribution in [3.05, 3.63) is 71.3 Å². The first-order valence-electron chi connectivity index (χ1n) is 7.85. The predicted octanol–water partition coefficient (Wildman–Crippen LogP) is 2.71. The van der Waals surface area contributed by atoms with E-state index in [1.165, 1.54) is 5.01 Å². The Morgan fingerprint density at radius 3 is 2.00 bits per heavy atom. The highest BCUT2D eigenvalue weighted by atomic mass is 16.2. The van der Waals surface area contributed by atoms with Crippen LogP contribution in [0.4, 0.5) is 0 Å². The summed E-state index contributed by atoms with van der Waals surface area (Å²) < 4.78 is 0. The fourth-order valence-corrected chi connectivity index (χ4v) is 3.12. The summed E-state index contributed by atoms with van der Waals surface area (Å²) in [6.07, 6.45) is 0. The van der Waals surface area contributed by atoms with E-state index in [-0.39, 0.29) is 23.4 Å². The Morgan fingerprint density at radius 1 is 0.875 bits per heavy atom. The molecule has 2 aromatic carbocycles. The van der Waals surface area contributed by atoms with Crippen LogP contribution in [-0.2, 0) is 0 Å². The zero-order chi connectivity index (χ0) is 16.9. The zero-order valence-electron chi connectivity index (χ0n) is 13.5. The minimum atomic E-state index is -0.352. The van der Waals surface area contributed by atoms with Crippen LogP contribution < -0.4 is 0 Å². The van der Waals surface area contributed by atoms with Gasteiger partial charge in [0, 0.05) is 5.56 Å². The lowest BCUT2D eigenvalue weighted by Gasteiger charge is -2.17. The molecule has 1 unspecified atom stereocenters. The molecule has 1 fully saturated rings. The van der Waals surface area contributed by atoms with Crippen molar-refractivity contribution in [1.82, 2.24) is 10.0 Å². The minimum absolute atomic E-state index is 0.167. The summed E-state index contributed by atoms with van der Waals surface area (Å²) in [5, 5.41) is 3.02. The summed E-state index contributed by atoms with van der Waals surface area (Å²) in [6, 6.07) is 16.4. The van der Waals surface area contributed by atoms with Crippen LogP contribution in [0.5, 0.6) is 0 Å². The molecule has 0 spiro atoms. The van der Waals surface area contributed by atoms with Crippen molar-refractivity contribution in [2.45, 2.75) is 25.4 Å². The summed E-state index contributed by atoms with van der Waals surface area (Å²) in [5.41, 5.74) is 1.48. The van der Waals surface area contributed by atoms with Gasteiger partial charge >= 0.3 is 0 Å². The van der Waals surface area contributed by atoms with Gasteiger partial charge in [-0.3, -0.25) is 9.59 Å². The SMILES string of the molecule is CC1(C)[C@@H](C#Cc2ccccc2)N1N1C(=O)c2ccccc2C1=O. The van der Waals surface area contributed by atoms with Crippen molar-refractivity contribution in [2.24, 2.45) is 0 Å². The lowest BCUT2D eigenvalue weighted by Crippen LogP contribution is -2.38. The number of carbonyl (C=O) groups excluding carboxylic acids is 2. The van der Waals surface area contributed by atoms with Crippen molar-refractivity contribution in [3.8, 4) is 11.8 Å². The van der Waals surface area contributed by atoms with E-state index in [2.05, 4.69) is 11.8 Å². The maximum absolute atomic E-state index is 12.6. The molecule has 2 aromatic rings. The predicted molar refractivity (Wildman–Crippen MR) is 90.0 cm³/mol. The van der Waals surface area contributed by atoms with Gasteiger partial charge in [-0.2, -0.15) is 10.0 Å². The largest absolute Gasteiger partial charge is 0.276 e. The molecular weight excluding hydrogens is 300 g/mol. The molecule has 0 radical (unpaired) electrons. The monoisotopic (exact) mass is 316 g/mol. The number of benzene rings is 2. The van der Waals surface area contributed by atoms with Crippen LogP contribution in [0.2, 0.25) is 0 Å². The molecule has 2 atom stereocenters. The lowest BCUT2D eigenvalue weighted by atomic mass is 10.1. The average Bonchev–Trinajstić information content (AvgIpc) is 3.03. The Morgan fingerprint density at radius 2 is 1.42 bits per heavy atom. The third-order valence-corrected chi connectivity index (χ3v) is 4.55. The molecule has 0 saturated carbocycles. The molecule has 4 rings (SSSR count). The summed E-state index contributed by atoms with van der Waals surface area (Å²) >= 11 is 0. The summed E-state index contributed by atoms with van der Waals surface area (Å²) in [5.74, 6) is 5.77. The van der Waals surface area contributed by atoms with Crippen LogP contribution in [0, 0.1) is 11.8 Å². The molecule has 1 saturated heterocycles. The standard InChI is InChI=1S/C20H16N2O2/c1-20(2)17(13-12-14-8-4-3-5-9-14)22(20)21-18(23)15-10-6-7-11-16(15)19(21)24/h3-11,17H,1-2H3/t17-,22?/m1/s1. The number of hydrogen-bond donors (Lipinski definition) is 0. The fraction of sp³-hybridized carbons (Fsp3) is 0.200. The Kier molecular flexibility index (Phi) is 3.09. The normalized spacial score (nSPS) is 23.5. The van der Waals surface area contributed by atoms with Gasteiger partial charge in [0.2, 0.25) is 0 Å². The first-order valence-corrected chi connectivity index (χ1v) is 7.85. The first kappa shape index (κ1) is 14.7. The molecule has 0 aliphatic carbocycles. The molecule has 4 heteroatoms. The molecule has 0 bridgehead atoms. The van der Waals surface area contributed by atoms with Gasteiger partial charge in [-0.1, -0.05) is 42.2 Å². The maximum Gasteiger partial charge on any atom is 0.276 e. The van der Waals surface area contributed by atoms with Crippen molar-refractivity contribution < 1.29 is 9.59 Å². The molecule has 0 aromatic heterocycles. The first-order chi connectivity index (χ1) is 11.5. The second-order valence-electron chi connectivity index (χ2n) is 6.50. The Labute approximate surface area is 140 Å². The number of hydrazine groups is 1. The van der Waals surface area contributed by atoms with Gasteiger partial charge in [-0.15, -0.1) is 0 Å². The average molecular weight is 316 g/mol. The van der Waals surface area contributed by atoms with Crippen LogP contribution >= 0.6 is 0 Å². The van der Waals surface area contributed by atoms with Crippen LogP contribution in [0.15, 0.2) is 54.6 Å². The molecule has 0 N–H and O–H groups in total. The van der Waals surface area contributed by atoms with Crippen molar-refractivity contribution in [2.75, 3.05) is 0 Å². The fourth-order valence-electron chi connectivity index (χ4n) is 3.12. The number of amides is 2. The smallest absolute Gasteiger partial charge is 0.267 e. The van der Waals surface area contributed by atoms with Crippen molar-refractivity contribution in [1.29, 1.82) is 0 Å². The van der Waals surface area contributed by atoms with Gasteiger partial charge in [0.05, 0.1) is 16.7 Å². The van der Waals surface area contributed by atoms with E-state index in [4.69, 9.17) is 0 Å². The quantitative estimate of drug-likeness (QED) is 0.461. The number of carbonyl (C=O) groups is 2. The third kappa shape index (κ3) is 2.06. The molecule has 2 aliphatic heterocycles. The van der Waals surface area contributed by atoms with Gasteiger partial charge in [0.15, 0.2) is 0 Å². The molecular formula is C20H16N2O2. The number of imide groups is 1. The van der Waals surface area contributed by atoms with Gasteiger partial charge in [-0.25, -0.2) is 0 Å². The summed E-state index contributed by atoms with van der Waals surface area (Å²) in [7, 11) is 0. The van der Waals surface area contributed by atoms with E-state index >= 15 is 0 Å². The van der Waals surface area contributed by atoms with E-state index in [0.29, 0.717) is 11.1 Å². The van der Waals surface area contributed by atoms with Gasteiger partial charge < -0.3 is 0 Å². The summed E-state index contributed by atoms with van der Waals surface area (Å²) in [6.45, 7) is 3.97. The second kappa shape index (κ2) is 5.05. The number of hydrogen-bond acceptors (Lipinski definition) is 3. The molecule has 4 nitrogen and oxygen atoms in total. The topological polar surface area (TPSA) is 40.4 Å². The minimum Gasteiger partial charge on any atom is -0.267 e. The Bertz CT molecular complexity index is 871. The molecule has 2 aliphatic rings. The maximum atomic E-state index is 12.6. The van der Waals surface area contributed by atoms with Crippen molar-refractivity contribution >= 4 is 11.8 Å². The van der Waals surface area contributed by atoms with Crippen LogP contribution in [0.3, 0.4) is 0 Å². The third-order valence-electron chi connectivity index (χ3n) is 4.55. The Hall–Kier alpha value is -2.90. The summed E-state index contributed by atoms with van der Waals surface area (Å²) in [4.78, 5) is 25.2. The zero-order valence-corrected chi connectivity index (χ0v) is 13.5. The number of nitrogens with zero attached hydrogens (tertiary/aromatic N) is 2. The van der Waals surface area contributed by atoms with E-state index in [9.17, 15) is 9.59 Å². The van der Waals surface area contributed by atoms with Crippen LogP contribution in [0.25, 0.3) is 0 Å². The van der Waals surface area contributed by atoms with Crippen molar-refractivity contribution in [3.63, 3.8) is 0 Å². The molecule has 24 heavy (non-hydrogen) atoms. The molecule has 2 heterocycles. The van der Waals surface area contributed by atoms with E-state index < -0.39 is 0 Å². The van der Waals surface area contributed by atoms with Crippen LogP contribution in [0.1, 0.15) is 40.1 Å². The Balaban J connectivity index is 1.63. The van der Waals surface area contributed by atoms with Gasteiger partial charge in [-0.05, 0) is 38.1 Å². The highest BCUT2D eigenvalue weighted by Crippen LogP contribution is 2.44. The van der Waals surface area contributed by atoms with Gasteiger partial charge in [0.25, 0.3) is 11.8 Å². The highest BCUT2D eigenvalue weighted by Gasteiger charge is 2.62.